The average molecular weight is 187 g/mol. The molecule has 0 aliphatic heterocycles. The summed E-state index contributed by atoms with van der Waals surface area (Å²) < 4.78 is 29.9. The summed E-state index contributed by atoms with van der Waals surface area (Å²) in [5.41, 5.74) is 6.58. The summed E-state index contributed by atoms with van der Waals surface area (Å²) in [6.07, 6.45) is 2.83. The molecule has 0 bridgehead atoms. The zero-order valence-corrected chi connectivity index (χ0v) is 7.04. The Bertz CT molecular complexity index is 276. The van der Waals surface area contributed by atoms with E-state index in [0.717, 1.165) is 5.56 Å². The van der Waals surface area contributed by atoms with Crippen LogP contribution in [0.2, 0.25) is 0 Å². The zero-order chi connectivity index (χ0) is 9.47. The largest absolute Gasteiger partial charge is 0.472 e. The Labute approximate surface area is 74.7 Å². The molecule has 0 amide bonds. The fourth-order valence-corrected chi connectivity index (χ4v) is 1.70. The molecule has 4 heteroatoms. The predicted octanol–water partition coefficient (Wildman–Crippen LogP) is 2.32. The predicted molar refractivity (Wildman–Crippen MR) is 43.3 cm³/mol. The Morgan fingerprint density at radius 3 is 2.69 bits per heavy atom. The van der Waals surface area contributed by atoms with Gasteiger partial charge in [0.2, 0.25) is 5.92 Å². The van der Waals surface area contributed by atoms with E-state index in [1.54, 1.807) is 6.07 Å². The molecule has 1 unspecified atom stereocenters. The van der Waals surface area contributed by atoms with Crippen molar-refractivity contribution in [2.75, 3.05) is 0 Å². The van der Waals surface area contributed by atoms with Gasteiger partial charge in [0, 0.05) is 24.4 Å². The summed E-state index contributed by atoms with van der Waals surface area (Å²) in [4.78, 5) is 0. The summed E-state index contributed by atoms with van der Waals surface area (Å²) in [5, 5.41) is 0. The van der Waals surface area contributed by atoms with E-state index in [2.05, 4.69) is 0 Å². The monoisotopic (exact) mass is 187 g/mol. The molecule has 1 aliphatic carbocycles. The lowest BCUT2D eigenvalue weighted by molar-refractivity contribution is -0.116. The van der Waals surface area contributed by atoms with Gasteiger partial charge in [-0.1, -0.05) is 0 Å². The van der Waals surface area contributed by atoms with Crippen LogP contribution in [-0.4, -0.2) is 5.92 Å². The van der Waals surface area contributed by atoms with Gasteiger partial charge in [-0.15, -0.1) is 0 Å². The lowest BCUT2D eigenvalue weighted by Crippen LogP contribution is -2.41. The van der Waals surface area contributed by atoms with Crippen molar-refractivity contribution >= 4 is 0 Å². The van der Waals surface area contributed by atoms with Gasteiger partial charge in [-0.3, -0.25) is 0 Å². The van der Waals surface area contributed by atoms with Crippen molar-refractivity contribution in [2.24, 2.45) is 11.7 Å². The third kappa shape index (κ3) is 1.58. The Morgan fingerprint density at radius 1 is 1.54 bits per heavy atom. The zero-order valence-electron chi connectivity index (χ0n) is 7.04. The molecule has 1 atom stereocenters. The minimum atomic E-state index is -2.49. The molecule has 0 radical (unpaired) electrons. The highest BCUT2D eigenvalue weighted by Crippen LogP contribution is 2.47. The lowest BCUT2D eigenvalue weighted by Gasteiger charge is -2.38. The minimum Gasteiger partial charge on any atom is -0.472 e. The van der Waals surface area contributed by atoms with Crippen LogP contribution in [0, 0.1) is 5.92 Å². The Balaban J connectivity index is 1.97. The maximum Gasteiger partial charge on any atom is 0.248 e. The molecule has 1 heterocycles. The molecule has 1 aromatic rings. The van der Waals surface area contributed by atoms with Crippen LogP contribution >= 0.6 is 0 Å². The third-order valence-electron chi connectivity index (χ3n) is 2.56. The quantitative estimate of drug-likeness (QED) is 0.771. The number of nitrogens with two attached hydrogens (primary N) is 1. The van der Waals surface area contributed by atoms with Gasteiger partial charge in [-0.25, -0.2) is 8.78 Å². The summed E-state index contributed by atoms with van der Waals surface area (Å²) in [6.45, 7) is 0. The molecular weight excluding hydrogens is 176 g/mol. The first-order valence-corrected chi connectivity index (χ1v) is 4.24. The topological polar surface area (TPSA) is 39.2 Å². The van der Waals surface area contributed by atoms with Crippen molar-refractivity contribution in [3.8, 4) is 0 Å². The maximum atomic E-state index is 12.5. The molecule has 2 nitrogen and oxygen atoms in total. The van der Waals surface area contributed by atoms with Gasteiger partial charge < -0.3 is 10.2 Å². The number of rotatable bonds is 2. The van der Waals surface area contributed by atoms with Gasteiger partial charge in [0.1, 0.15) is 0 Å². The van der Waals surface area contributed by atoms with Crippen LogP contribution in [0.25, 0.3) is 0 Å². The first kappa shape index (κ1) is 8.69. The highest BCUT2D eigenvalue weighted by molar-refractivity contribution is 5.14. The summed E-state index contributed by atoms with van der Waals surface area (Å²) in [5.74, 6) is -2.60. The molecule has 0 spiro atoms. The van der Waals surface area contributed by atoms with E-state index in [4.69, 9.17) is 10.2 Å². The standard InChI is InChI=1S/C9H11F2NO/c10-9(11)3-7(4-9)8(12)6-1-2-13-5-6/h1-2,5,7-8H,3-4,12H2. The van der Waals surface area contributed by atoms with Crippen LogP contribution < -0.4 is 5.73 Å². The lowest BCUT2D eigenvalue weighted by atomic mass is 9.75. The second-order valence-corrected chi connectivity index (χ2v) is 3.61. The fraction of sp³-hybridized carbons (Fsp3) is 0.556. The molecule has 72 valence electrons. The molecule has 1 fully saturated rings. The van der Waals surface area contributed by atoms with Gasteiger partial charge in [0.25, 0.3) is 0 Å². The summed E-state index contributed by atoms with van der Waals surface area (Å²) in [6, 6.07) is 1.42. The average Bonchev–Trinajstić information content (AvgIpc) is 2.50. The van der Waals surface area contributed by atoms with Crippen LogP contribution in [0.4, 0.5) is 8.78 Å². The molecule has 2 N–H and O–H groups in total. The first-order chi connectivity index (χ1) is 6.08. The molecule has 1 saturated carbocycles. The van der Waals surface area contributed by atoms with E-state index in [-0.39, 0.29) is 24.8 Å². The van der Waals surface area contributed by atoms with Crippen molar-refractivity contribution in [3.05, 3.63) is 24.2 Å². The van der Waals surface area contributed by atoms with E-state index in [0.29, 0.717) is 0 Å². The van der Waals surface area contributed by atoms with Crippen LogP contribution in [0.15, 0.2) is 23.0 Å². The van der Waals surface area contributed by atoms with E-state index < -0.39 is 5.92 Å². The highest BCUT2D eigenvalue weighted by atomic mass is 19.3. The first-order valence-electron chi connectivity index (χ1n) is 4.24. The van der Waals surface area contributed by atoms with Crippen molar-refractivity contribution in [1.29, 1.82) is 0 Å². The van der Waals surface area contributed by atoms with E-state index in [9.17, 15) is 8.78 Å². The minimum absolute atomic E-state index is 0.0979. The van der Waals surface area contributed by atoms with Gasteiger partial charge in [0.15, 0.2) is 0 Å². The normalized spacial score (nSPS) is 23.9. The Morgan fingerprint density at radius 2 is 2.23 bits per heavy atom. The molecule has 0 aromatic carbocycles. The Hall–Kier alpha value is -0.900. The molecule has 0 saturated heterocycles. The maximum absolute atomic E-state index is 12.5. The molecule has 2 rings (SSSR count). The number of hydrogen-bond acceptors (Lipinski definition) is 2. The van der Waals surface area contributed by atoms with Crippen molar-refractivity contribution < 1.29 is 13.2 Å². The molecular formula is C9H11F2NO. The molecule has 1 aliphatic rings. The van der Waals surface area contributed by atoms with Crippen molar-refractivity contribution in [2.45, 2.75) is 24.8 Å². The summed E-state index contributed by atoms with van der Waals surface area (Å²) >= 11 is 0. The van der Waals surface area contributed by atoms with E-state index in [1.807, 2.05) is 0 Å². The second kappa shape index (κ2) is 2.80. The Kier molecular flexibility index (Phi) is 1.87. The van der Waals surface area contributed by atoms with Crippen LogP contribution in [0.3, 0.4) is 0 Å². The number of alkyl halides is 2. The van der Waals surface area contributed by atoms with Gasteiger partial charge in [-0.05, 0) is 12.0 Å². The molecule has 13 heavy (non-hydrogen) atoms. The summed E-state index contributed by atoms with van der Waals surface area (Å²) in [7, 11) is 0. The smallest absolute Gasteiger partial charge is 0.248 e. The van der Waals surface area contributed by atoms with Gasteiger partial charge in [-0.2, -0.15) is 0 Å². The van der Waals surface area contributed by atoms with E-state index >= 15 is 0 Å². The second-order valence-electron chi connectivity index (χ2n) is 3.61. The van der Waals surface area contributed by atoms with Crippen LogP contribution in [0.5, 0.6) is 0 Å². The molecule has 1 aromatic heterocycles. The van der Waals surface area contributed by atoms with Crippen LogP contribution in [-0.2, 0) is 0 Å². The van der Waals surface area contributed by atoms with Gasteiger partial charge >= 0.3 is 0 Å². The number of furan rings is 1. The highest BCUT2D eigenvalue weighted by Gasteiger charge is 2.47. The van der Waals surface area contributed by atoms with E-state index in [1.165, 1.54) is 12.5 Å². The fourth-order valence-electron chi connectivity index (χ4n) is 1.70. The van der Waals surface area contributed by atoms with Crippen molar-refractivity contribution in [3.63, 3.8) is 0 Å². The SMILES string of the molecule is NC(c1ccoc1)C1CC(F)(F)C1. The number of hydrogen-bond donors (Lipinski definition) is 1. The van der Waals surface area contributed by atoms with Crippen LogP contribution in [0.1, 0.15) is 24.4 Å². The van der Waals surface area contributed by atoms with Crippen molar-refractivity contribution in [1.82, 2.24) is 0 Å². The van der Waals surface area contributed by atoms with Gasteiger partial charge in [0.05, 0.1) is 12.5 Å². The number of halogens is 2. The third-order valence-corrected chi connectivity index (χ3v) is 2.56.